The predicted octanol–water partition coefficient (Wildman–Crippen LogP) is 1.50. The second kappa shape index (κ2) is 4.50. The molecule has 6 heteroatoms. The molecule has 2 aromatic heterocycles. The maximum Gasteiger partial charge on any atom is 0.153 e. The van der Waals surface area contributed by atoms with Gasteiger partial charge in [-0.2, -0.15) is 5.10 Å². The van der Waals surface area contributed by atoms with Gasteiger partial charge in [0.1, 0.15) is 10.8 Å². The van der Waals surface area contributed by atoms with Crippen molar-refractivity contribution in [3.05, 3.63) is 35.7 Å². The van der Waals surface area contributed by atoms with Crippen molar-refractivity contribution < 1.29 is 0 Å². The van der Waals surface area contributed by atoms with Gasteiger partial charge in [-0.25, -0.2) is 4.98 Å². The molecule has 0 unspecified atom stereocenters. The Morgan fingerprint density at radius 3 is 2.76 bits per heavy atom. The summed E-state index contributed by atoms with van der Waals surface area (Å²) in [6, 6.07) is 5.58. The topological polar surface area (TPSA) is 68.8 Å². The number of rotatable bonds is 3. The third kappa shape index (κ3) is 2.59. The number of anilines is 2. The molecule has 0 radical (unpaired) electrons. The quantitative estimate of drug-likeness (QED) is 0.804. The number of pyridine rings is 1. The lowest BCUT2D eigenvalue weighted by Gasteiger charge is -2.08. The van der Waals surface area contributed by atoms with E-state index in [1.54, 1.807) is 4.68 Å². The number of hydrogen-bond acceptors (Lipinski definition) is 4. The SMILES string of the molecule is Cc1ccc(C(N)=S)c(Nc2ccn(C)n2)n1. The number of hydrogen-bond donors (Lipinski definition) is 2. The summed E-state index contributed by atoms with van der Waals surface area (Å²) >= 11 is 4.99. The van der Waals surface area contributed by atoms with E-state index in [1.807, 2.05) is 38.4 Å². The van der Waals surface area contributed by atoms with Gasteiger partial charge in [-0.1, -0.05) is 12.2 Å². The molecule has 88 valence electrons. The Morgan fingerprint density at radius 2 is 2.18 bits per heavy atom. The highest BCUT2D eigenvalue weighted by Gasteiger charge is 2.08. The van der Waals surface area contributed by atoms with Crippen LogP contribution in [0.5, 0.6) is 0 Å². The number of thiocarbonyl (C=S) groups is 1. The lowest BCUT2D eigenvalue weighted by atomic mass is 10.2. The highest BCUT2D eigenvalue weighted by molar-refractivity contribution is 7.80. The summed E-state index contributed by atoms with van der Waals surface area (Å²) in [5.74, 6) is 1.35. The molecule has 0 spiro atoms. The monoisotopic (exact) mass is 247 g/mol. The van der Waals surface area contributed by atoms with Crippen molar-refractivity contribution in [1.82, 2.24) is 14.8 Å². The number of aromatic nitrogens is 3. The van der Waals surface area contributed by atoms with Crippen molar-refractivity contribution in [2.45, 2.75) is 6.92 Å². The first-order valence-electron chi connectivity index (χ1n) is 5.10. The molecule has 0 aromatic carbocycles. The molecule has 0 bridgehead atoms. The molecule has 0 amide bonds. The van der Waals surface area contributed by atoms with Crippen molar-refractivity contribution >= 4 is 28.8 Å². The molecule has 2 rings (SSSR count). The van der Waals surface area contributed by atoms with E-state index in [0.29, 0.717) is 16.6 Å². The van der Waals surface area contributed by atoms with Crippen LogP contribution < -0.4 is 11.1 Å². The first-order chi connectivity index (χ1) is 8.06. The second-order valence-electron chi connectivity index (χ2n) is 3.71. The molecule has 0 aliphatic rings. The number of nitrogens with two attached hydrogens (primary N) is 1. The van der Waals surface area contributed by atoms with Gasteiger partial charge in [-0.05, 0) is 19.1 Å². The Labute approximate surface area is 105 Å². The fourth-order valence-corrected chi connectivity index (χ4v) is 1.62. The van der Waals surface area contributed by atoms with E-state index in [2.05, 4.69) is 15.4 Å². The van der Waals surface area contributed by atoms with Gasteiger partial charge in [0.05, 0.1) is 5.56 Å². The molecule has 0 saturated heterocycles. The third-order valence-electron chi connectivity index (χ3n) is 2.26. The molecule has 0 saturated carbocycles. The Morgan fingerprint density at radius 1 is 1.41 bits per heavy atom. The summed E-state index contributed by atoms with van der Waals surface area (Å²) in [6.07, 6.45) is 1.85. The van der Waals surface area contributed by atoms with Crippen molar-refractivity contribution in [2.24, 2.45) is 12.8 Å². The molecule has 2 aromatic rings. The fourth-order valence-electron chi connectivity index (χ4n) is 1.45. The summed E-state index contributed by atoms with van der Waals surface area (Å²) in [5, 5.41) is 7.32. The molecule has 5 nitrogen and oxygen atoms in total. The van der Waals surface area contributed by atoms with Crippen LogP contribution in [0.25, 0.3) is 0 Å². The normalized spacial score (nSPS) is 10.2. The molecule has 0 aliphatic carbocycles. The van der Waals surface area contributed by atoms with Crippen LogP contribution in [0.2, 0.25) is 0 Å². The number of nitrogens with zero attached hydrogens (tertiary/aromatic N) is 3. The zero-order chi connectivity index (χ0) is 12.4. The number of aryl methyl sites for hydroxylation is 2. The maximum atomic E-state index is 5.65. The van der Waals surface area contributed by atoms with Crippen LogP contribution in [0.3, 0.4) is 0 Å². The summed E-state index contributed by atoms with van der Waals surface area (Å²) in [6.45, 7) is 1.91. The van der Waals surface area contributed by atoms with Gasteiger partial charge in [0.15, 0.2) is 5.82 Å². The Bertz CT molecular complexity index is 561. The van der Waals surface area contributed by atoms with Crippen molar-refractivity contribution in [2.75, 3.05) is 5.32 Å². The lowest BCUT2D eigenvalue weighted by Crippen LogP contribution is -2.13. The van der Waals surface area contributed by atoms with Gasteiger partial charge >= 0.3 is 0 Å². The van der Waals surface area contributed by atoms with Crippen LogP contribution in [-0.4, -0.2) is 19.8 Å². The third-order valence-corrected chi connectivity index (χ3v) is 2.48. The first-order valence-corrected chi connectivity index (χ1v) is 5.51. The van der Waals surface area contributed by atoms with E-state index in [0.717, 1.165) is 11.3 Å². The van der Waals surface area contributed by atoms with Gasteiger partial charge in [-0.3, -0.25) is 4.68 Å². The Kier molecular flexibility index (Phi) is 3.06. The molecule has 17 heavy (non-hydrogen) atoms. The molecule has 3 N–H and O–H groups in total. The second-order valence-corrected chi connectivity index (χ2v) is 4.15. The van der Waals surface area contributed by atoms with Crippen molar-refractivity contribution in [3.63, 3.8) is 0 Å². The van der Waals surface area contributed by atoms with E-state index in [-0.39, 0.29) is 0 Å². The predicted molar refractivity (Wildman–Crippen MR) is 71.4 cm³/mol. The zero-order valence-electron chi connectivity index (χ0n) is 9.64. The van der Waals surface area contributed by atoms with E-state index < -0.39 is 0 Å². The van der Waals surface area contributed by atoms with E-state index >= 15 is 0 Å². The van der Waals surface area contributed by atoms with Gasteiger partial charge < -0.3 is 11.1 Å². The molecule has 0 fully saturated rings. The summed E-state index contributed by atoms with van der Waals surface area (Å²) < 4.78 is 1.71. The maximum absolute atomic E-state index is 5.65. The molecular formula is C11H13N5S. The van der Waals surface area contributed by atoms with Crippen LogP contribution in [0.1, 0.15) is 11.3 Å². The summed E-state index contributed by atoms with van der Waals surface area (Å²) in [7, 11) is 1.85. The lowest BCUT2D eigenvalue weighted by molar-refractivity contribution is 0.771. The van der Waals surface area contributed by atoms with Crippen molar-refractivity contribution in [1.29, 1.82) is 0 Å². The van der Waals surface area contributed by atoms with Gasteiger partial charge in [-0.15, -0.1) is 0 Å². The van der Waals surface area contributed by atoms with Crippen molar-refractivity contribution in [3.8, 4) is 0 Å². The summed E-state index contributed by atoms with van der Waals surface area (Å²) in [5.41, 5.74) is 7.26. The van der Waals surface area contributed by atoms with Gasteiger partial charge in [0.2, 0.25) is 0 Å². The average molecular weight is 247 g/mol. The zero-order valence-corrected chi connectivity index (χ0v) is 10.5. The number of nitrogens with one attached hydrogen (secondary N) is 1. The average Bonchev–Trinajstić information content (AvgIpc) is 2.63. The van der Waals surface area contributed by atoms with Crippen LogP contribution in [0.15, 0.2) is 24.4 Å². The van der Waals surface area contributed by atoms with Gasteiger partial charge in [0.25, 0.3) is 0 Å². The van der Waals surface area contributed by atoms with Crippen LogP contribution in [0, 0.1) is 6.92 Å². The highest BCUT2D eigenvalue weighted by atomic mass is 32.1. The molecular weight excluding hydrogens is 234 g/mol. The fraction of sp³-hybridized carbons (Fsp3) is 0.182. The molecule has 0 atom stereocenters. The smallest absolute Gasteiger partial charge is 0.153 e. The van der Waals surface area contributed by atoms with E-state index in [1.165, 1.54) is 0 Å². The Balaban J connectivity index is 2.37. The van der Waals surface area contributed by atoms with Gasteiger partial charge in [0, 0.05) is 25.0 Å². The Hall–Kier alpha value is -1.95. The highest BCUT2D eigenvalue weighted by Crippen LogP contribution is 2.17. The van der Waals surface area contributed by atoms with E-state index in [4.69, 9.17) is 18.0 Å². The molecule has 0 aliphatic heterocycles. The van der Waals surface area contributed by atoms with Crippen LogP contribution >= 0.6 is 12.2 Å². The minimum Gasteiger partial charge on any atom is -0.389 e. The molecule has 2 heterocycles. The summed E-state index contributed by atoms with van der Waals surface area (Å²) in [4.78, 5) is 4.69. The largest absolute Gasteiger partial charge is 0.389 e. The first kappa shape index (κ1) is 11.5. The standard InChI is InChI=1S/C11H13N5S/c1-7-3-4-8(10(12)17)11(13-7)14-9-5-6-16(2)15-9/h3-6H,1-2H3,(H2,12,17)(H,13,14,15). The minimum absolute atomic E-state index is 0.316. The van der Waals surface area contributed by atoms with Crippen LogP contribution in [-0.2, 0) is 7.05 Å². The van der Waals surface area contributed by atoms with E-state index in [9.17, 15) is 0 Å². The minimum atomic E-state index is 0.316. The van der Waals surface area contributed by atoms with Crippen LogP contribution in [0.4, 0.5) is 11.6 Å².